The largest absolute Gasteiger partial charge is 0.492 e. The number of fused-ring (bicyclic) bond motifs is 4. The number of carboxylic acid groups (broad SMARTS) is 1. The maximum atomic E-state index is 14.9. The lowest BCUT2D eigenvalue weighted by Gasteiger charge is -2.36. The molecule has 3 heterocycles. The summed E-state index contributed by atoms with van der Waals surface area (Å²) in [6.45, 7) is 0.168. The van der Waals surface area contributed by atoms with Crippen molar-refractivity contribution in [1.82, 2.24) is 4.90 Å². The lowest BCUT2D eigenvalue weighted by atomic mass is 9.83. The Morgan fingerprint density at radius 1 is 1.02 bits per heavy atom. The Morgan fingerprint density at radius 3 is 2.11 bits per heavy atom. The van der Waals surface area contributed by atoms with Crippen molar-refractivity contribution in [2.24, 2.45) is 11.3 Å². The Labute approximate surface area is 267 Å². The van der Waals surface area contributed by atoms with Crippen molar-refractivity contribution < 1.29 is 45.8 Å². The van der Waals surface area contributed by atoms with Crippen molar-refractivity contribution in [2.75, 3.05) is 23.3 Å². The van der Waals surface area contributed by atoms with E-state index >= 15 is 0 Å². The standard InChI is InChI=1S/C26H22Cl4F5N3O2.CHFO2/c1-23(2,26(33,34)35)10-37(15-4-12(27)3-13(28)5-15)21(39)16-8-25(38-11-24(31,32)9-19(16)38)17-6-14(29)7-18(30)20(17)36-22(25)40;2-1(3)4/h3-7,16,19H,8-11H2,1-2H3,(H,36,40);(H,3,4). The predicted molar refractivity (Wildman–Crippen MR) is 153 cm³/mol. The van der Waals surface area contributed by atoms with Crippen molar-refractivity contribution >= 4 is 75.8 Å². The summed E-state index contributed by atoms with van der Waals surface area (Å²) in [6.07, 6.45) is -8.09. The third kappa shape index (κ3) is 6.31. The molecule has 2 aromatic rings. The van der Waals surface area contributed by atoms with E-state index in [-0.39, 0.29) is 43.4 Å². The second-order valence-corrected chi connectivity index (χ2v) is 13.1. The summed E-state index contributed by atoms with van der Waals surface area (Å²) in [5, 5.41) is 9.76. The molecule has 17 heteroatoms. The number of alkyl halides is 5. The molecule has 7 nitrogen and oxygen atoms in total. The lowest BCUT2D eigenvalue weighted by Crippen LogP contribution is -2.49. The number of nitrogens with zero attached hydrogens (tertiary/aromatic N) is 2. The summed E-state index contributed by atoms with van der Waals surface area (Å²) < 4.78 is 81.7. The molecule has 0 bridgehead atoms. The van der Waals surface area contributed by atoms with Crippen LogP contribution < -0.4 is 10.2 Å². The molecule has 0 aromatic heterocycles. The van der Waals surface area contributed by atoms with E-state index < -0.39 is 72.6 Å². The van der Waals surface area contributed by atoms with E-state index in [1.807, 2.05) is 0 Å². The molecule has 0 aliphatic carbocycles. The van der Waals surface area contributed by atoms with E-state index in [9.17, 15) is 35.9 Å². The van der Waals surface area contributed by atoms with Crippen LogP contribution in [0.4, 0.5) is 42.5 Å². The number of carbonyl (C=O) groups is 3. The minimum absolute atomic E-state index is 0.0283. The molecule has 5 rings (SSSR count). The second kappa shape index (κ2) is 11.7. The molecule has 3 unspecified atom stereocenters. The summed E-state index contributed by atoms with van der Waals surface area (Å²) in [5.41, 5.74) is -3.73. The predicted octanol–water partition coefficient (Wildman–Crippen LogP) is 8.43. The van der Waals surface area contributed by atoms with Crippen LogP contribution in [0.5, 0.6) is 0 Å². The van der Waals surface area contributed by atoms with E-state index in [1.54, 1.807) is 0 Å². The van der Waals surface area contributed by atoms with Gasteiger partial charge in [-0.05, 0) is 50.6 Å². The van der Waals surface area contributed by atoms with Crippen LogP contribution >= 0.6 is 46.4 Å². The van der Waals surface area contributed by atoms with Gasteiger partial charge in [0.1, 0.15) is 5.54 Å². The summed E-state index contributed by atoms with van der Waals surface area (Å²) in [7, 11) is 0. The molecular formula is C27H23Cl4F6N3O4. The van der Waals surface area contributed by atoms with Gasteiger partial charge in [-0.15, -0.1) is 4.39 Å². The molecule has 2 amide bonds. The zero-order chi connectivity index (χ0) is 33.2. The number of amides is 2. The minimum Gasteiger partial charge on any atom is -0.456 e. The highest BCUT2D eigenvalue weighted by Gasteiger charge is 2.68. The number of nitrogens with one attached hydrogen (secondary N) is 1. The number of carbonyl (C=O) groups excluding carboxylic acids is 2. The molecule has 3 aliphatic heterocycles. The second-order valence-electron chi connectivity index (χ2n) is 11.4. The van der Waals surface area contributed by atoms with E-state index in [4.69, 9.17) is 56.3 Å². The molecule has 0 saturated carbocycles. The number of rotatable bonds is 4. The topological polar surface area (TPSA) is 90.0 Å². The maximum absolute atomic E-state index is 14.9. The highest BCUT2D eigenvalue weighted by Crippen LogP contribution is 2.58. The molecular weight excluding hydrogens is 686 g/mol. The zero-order valence-electron chi connectivity index (χ0n) is 22.7. The van der Waals surface area contributed by atoms with E-state index in [1.165, 1.54) is 35.2 Å². The first-order chi connectivity index (χ1) is 20.1. The van der Waals surface area contributed by atoms with Gasteiger partial charge in [0.05, 0.1) is 28.6 Å². The van der Waals surface area contributed by atoms with Crippen LogP contribution in [-0.4, -0.2) is 59.3 Å². The average molecular weight is 709 g/mol. The van der Waals surface area contributed by atoms with Gasteiger partial charge in [-0.1, -0.05) is 46.4 Å². The third-order valence-corrected chi connectivity index (χ3v) is 8.91. The molecule has 2 N–H and O–H groups in total. The van der Waals surface area contributed by atoms with Gasteiger partial charge >= 0.3 is 12.4 Å². The summed E-state index contributed by atoms with van der Waals surface area (Å²) in [4.78, 5) is 38.2. The first-order valence-electron chi connectivity index (χ1n) is 12.8. The number of halogens is 10. The van der Waals surface area contributed by atoms with Crippen LogP contribution in [0.2, 0.25) is 20.1 Å². The summed E-state index contributed by atoms with van der Waals surface area (Å²) >= 11 is 24.8. The van der Waals surface area contributed by atoms with Crippen molar-refractivity contribution in [3.05, 3.63) is 56.0 Å². The zero-order valence-corrected chi connectivity index (χ0v) is 25.7. The van der Waals surface area contributed by atoms with Gasteiger partial charge in [-0.25, -0.2) is 13.6 Å². The fourth-order valence-electron chi connectivity index (χ4n) is 5.98. The number of hydrogen-bond acceptors (Lipinski definition) is 4. The molecule has 3 aliphatic rings. The van der Waals surface area contributed by atoms with Gasteiger partial charge < -0.3 is 15.3 Å². The Morgan fingerprint density at radius 2 is 1.57 bits per heavy atom. The fourth-order valence-corrected chi connectivity index (χ4v) is 7.03. The van der Waals surface area contributed by atoms with Gasteiger partial charge in [0.15, 0.2) is 0 Å². The lowest BCUT2D eigenvalue weighted by molar-refractivity contribution is -0.207. The average Bonchev–Trinajstić information content (AvgIpc) is 3.43. The van der Waals surface area contributed by atoms with E-state index in [0.717, 1.165) is 18.7 Å². The third-order valence-electron chi connectivity index (χ3n) is 7.96. The highest BCUT2D eigenvalue weighted by atomic mass is 35.5. The molecule has 2 fully saturated rings. The SMILES string of the molecule is CC(C)(CN(C(=O)C1CC2(C(=O)Nc3c(Cl)cc(Cl)cc32)N2CC(F)(F)CC12)c1cc(Cl)cc(Cl)c1)C(F)(F)F.O=C(O)F. The van der Waals surface area contributed by atoms with Crippen LogP contribution in [0.1, 0.15) is 32.3 Å². The van der Waals surface area contributed by atoms with Crippen LogP contribution in [0.15, 0.2) is 30.3 Å². The van der Waals surface area contributed by atoms with Crippen molar-refractivity contribution in [2.45, 2.75) is 50.4 Å². The van der Waals surface area contributed by atoms with Gasteiger partial charge in [-0.2, -0.15) is 13.2 Å². The van der Waals surface area contributed by atoms with E-state index in [0.29, 0.717) is 0 Å². The smallest absolute Gasteiger partial charge is 0.456 e. The van der Waals surface area contributed by atoms with E-state index in [2.05, 4.69) is 5.32 Å². The molecule has 3 atom stereocenters. The molecule has 2 aromatic carbocycles. The van der Waals surface area contributed by atoms with Crippen molar-refractivity contribution in [3.63, 3.8) is 0 Å². The quantitative estimate of drug-likeness (QED) is 0.246. The fraction of sp³-hybridized carbons (Fsp3) is 0.444. The number of hydrogen-bond donors (Lipinski definition) is 2. The van der Waals surface area contributed by atoms with Crippen LogP contribution in [-0.2, 0) is 15.1 Å². The molecule has 1 spiro atoms. The number of anilines is 2. The Kier molecular flexibility index (Phi) is 9.17. The van der Waals surface area contributed by atoms with Gasteiger partial charge in [0, 0.05) is 45.3 Å². The van der Waals surface area contributed by atoms with Gasteiger partial charge in [0.25, 0.3) is 5.92 Å². The normalized spacial score (nSPS) is 24.0. The summed E-state index contributed by atoms with van der Waals surface area (Å²) in [6, 6.07) is 5.56. The molecule has 0 radical (unpaired) electrons. The molecule has 240 valence electrons. The first kappa shape index (κ1) is 34.4. The van der Waals surface area contributed by atoms with Crippen LogP contribution in [0, 0.1) is 11.3 Å². The monoisotopic (exact) mass is 707 g/mol. The Balaban J connectivity index is 0.00000104. The highest BCUT2D eigenvalue weighted by molar-refractivity contribution is 6.38. The maximum Gasteiger partial charge on any atom is 0.492 e. The Bertz CT molecular complexity index is 1500. The van der Waals surface area contributed by atoms with Gasteiger partial charge in [-0.3, -0.25) is 14.5 Å². The summed E-state index contributed by atoms with van der Waals surface area (Å²) in [5.74, 6) is -6.09. The Hall–Kier alpha value is -2.45. The van der Waals surface area contributed by atoms with Crippen molar-refractivity contribution in [1.29, 1.82) is 0 Å². The van der Waals surface area contributed by atoms with Crippen molar-refractivity contribution in [3.8, 4) is 0 Å². The molecule has 44 heavy (non-hydrogen) atoms. The van der Waals surface area contributed by atoms with Crippen LogP contribution in [0.3, 0.4) is 0 Å². The van der Waals surface area contributed by atoms with Gasteiger partial charge in [0.2, 0.25) is 11.8 Å². The minimum atomic E-state index is -4.71. The first-order valence-corrected chi connectivity index (χ1v) is 14.3. The van der Waals surface area contributed by atoms with Crippen LogP contribution in [0.25, 0.3) is 0 Å². The number of benzene rings is 2. The molecule has 2 saturated heterocycles.